The Morgan fingerprint density at radius 3 is 2.19 bits per heavy atom. The van der Waals surface area contributed by atoms with E-state index in [0.717, 1.165) is 30.2 Å². The summed E-state index contributed by atoms with van der Waals surface area (Å²) in [4.78, 5) is 15.5. The highest BCUT2D eigenvalue weighted by Gasteiger charge is 2.19. The molecule has 5 heteroatoms. The van der Waals surface area contributed by atoms with Gasteiger partial charge in [-0.25, -0.2) is 0 Å². The first kappa shape index (κ1) is 21.2. The number of carbonyl (C=O) groups is 1. The Morgan fingerprint density at radius 2 is 1.55 bits per heavy atom. The summed E-state index contributed by atoms with van der Waals surface area (Å²) in [7, 11) is 0. The highest BCUT2D eigenvalue weighted by atomic mass is 16.1. The van der Waals surface area contributed by atoms with Crippen molar-refractivity contribution in [1.82, 2.24) is 9.78 Å². The number of hydrogen-bond acceptors (Lipinski definition) is 3. The molecule has 31 heavy (non-hydrogen) atoms. The van der Waals surface area contributed by atoms with Crippen LogP contribution in [0, 0.1) is 20.8 Å². The van der Waals surface area contributed by atoms with E-state index in [4.69, 9.17) is 0 Å². The van der Waals surface area contributed by atoms with Gasteiger partial charge in [0.2, 0.25) is 0 Å². The van der Waals surface area contributed by atoms with E-state index >= 15 is 0 Å². The fourth-order valence-corrected chi connectivity index (χ4v) is 4.32. The molecule has 162 valence electrons. The molecule has 3 aromatic rings. The van der Waals surface area contributed by atoms with Crippen LogP contribution in [0.25, 0.3) is 0 Å². The Labute approximate surface area is 185 Å². The molecule has 0 unspecified atom stereocenters. The van der Waals surface area contributed by atoms with Crippen molar-refractivity contribution in [1.29, 1.82) is 0 Å². The maximum atomic E-state index is 13.0. The summed E-state index contributed by atoms with van der Waals surface area (Å²) in [5.74, 6) is -0.104. The second-order valence-corrected chi connectivity index (χ2v) is 8.59. The summed E-state index contributed by atoms with van der Waals surface area (Å²) in [6, 6.07) is 16.6. The van der Waals surface area contributed by atoms with Gasteiger partial charge in [0.25, 0.3) is 5.91 Å². The van der Waals surface area contributed by atoms with Crippen molar-refractivity contribution < 1.29 is 4.79 Å². The third kappa shape index (κ3) is 4.98. The first-order valence-electron chi connectivity index (χ1n) is 11.3. The molecule has 0 atom stereocenters. The summed E-state index contributed by atoms with van der Waals surface area (Å²) < 4.78 is 1.91. The normalized spacial score (nSPS) is 14.4. The minimum absolute atomic E-state index is 0.104. The number of rotatable bonds is 5. The molecule has 4 rings (SSSR count). The molecular weight excluding hydrogens is 384 g/mol. The molecule has 0 saturated carbocycles. The van der Waals surface area contributed by atoms with E-state index in [2.05, 4.69) is 58.6 Å². The van der Waals surface area contributed by atoms with Crippen molar-refractivity contribution in [2.45, 2.75) is 53.0 Å². The summed E-state index contributed by atoms with van der Waals surface area (Å²) >= 11 is 0. The summed E-state index contributed by atoms with van der Waals surface area (Å²) in [6.45, 7) is 8.83. The van der Waals surface area contributed by atoms with Crippen LogP contribution in [-0.2, 0) is 6.54 Å². The molecule has 0 bridgehead atoms. The number of amides is 1. The minimum Gasteiger partial charge on any atom is -0.372 e. The van der Waals surface area contributed by atoms with Crippen LogP contribution in [0.15, 0.2) is 48.5 Å². The van der Waals surface area contributed by atoms with Gasteiger partial charge < -0.3 is 10.2 Å². The SMILES string of the molecule is Cc1ccc(Cn2nc(C)c(C(=O)Nc3ccc(N4CCCCCC4)cc3)c2C)cc1. The van der Waals surface area contributed by atoms with Crippen LogP contribution in [0.1, 0.15) is 58.6 Å². The first-order chi connectivity index (χ1) is 15.0. The molecule has 1 amide bonds. The van der Waals surface area contributed by atoms with Crippen LogP contribution < -0.4 is 10.2 Å². The van der Waals surface area contributed by atoms with Gasteiger partial charge in [-0.2, -0.15) is 5.10 Å². The topological polar surface area (TPSA) is 50.2 Å². The predicted octanol–water partition coefficient (Wildman–Crippen LogP) is 5.49. The van der Waals surface area contributed by atoms with Gasteiger partial charge in [-0.1, -0.05) is 42.7 Å². The highest BCUT2D eigenvalue weighted by Crippen LogP contribution is 2.23. The van der Waals surface area contributed by atoms with E-state index in [-0.39, 0.29) is 5.91 Å². The Balaban J connectivity index is 1.45. The fourth-order valence-electron chi connectivity index (χ4n) is 4.32. The second-order valence-electron chi connectivity index (χ2n) is 8.59. The third-order valence-corrected chi connectivity index (χ3v) is 6.16. The number of nitrogens with one attached hydrogen (secondary N) is 1. The van der Waals surface area contributed by atoms with Gasteiger partial charge in [0.05, 0.1) is 17.8 Å². The molecule has 0 spiro atoms. The molecule has 1 aliphatic heterocycles. The molecule has 1 fully saturated rings. The van der Waals surface area contributed by atoms with Crippen LogP contribution >= 0.6 is 0 Å². The maximum Gasteiger partial charge on any atom is 0.259 e. The van der Waals surface area contributed by atoms with Gasteiger partial charge in [0.15, 0.2) is 0 Å². The number of aryl methyl sites for hydroxylation is 2. The molecule has 1 saturated heterocycles. The Morgan fingerprint density at radius 1 is 0.903 bits per heavy atom. The van der Waals surface area contributed by atoms with E-state index in [0.29, 0.717) is 12.1 Å². The zero-order valence-electron chi connectivity index (χ0n) is 18.8. The monoisotopic (exact) mass is 416 g/mol. The Kier molecular flexibility index (Phi) is 6.40. The number of carbonyl (C=O) groups excluding carboxylic acids is 1. The largest absolute Gasteiger partial charge is 0.372 e. The van der Waals surface area contributed by atoms with E-state index in [1.165, 1.54) is 42.5 Å². The zero-order chi connectivity index (χ0) is 21.8. The molecule has 1 aliphatic rings. The average Bonchev–Trinajstić information content (AvgIpc) is 2.93. The zero-order valence-corrected chi connectivity index (χ0v) is 18.8. The molecule has 2 aromatic carbocycles. The van der Waals surface area contributed by atoms with Crippen LogP contribution in [0.2, 0.25) is 0 Å². The predicted molar refractivity (Wildman–Crippen MR) is 127 cm³/mol. The van der Waals surface area contributed by atoms with Crippen LogP contribution in [0.3, 0.4) is 0 Å². The van der Waals surface area contributed by atoms with Crippen LogP contribution in [0.5, 0.6) is 0 Å². The van der Waals surface area contributed by atoms with Gasteiger partial charge in [-0.05, 0) is 63.4 Å². The molecule has 0 radical (unpaired) electrons. The standard InChI is InChI=1S/C26H32N4O/c1-19-8-10-22(11-9-19)18-30-21(3)25(20(2)28-30)26(31)27-23-12-14-24(15-13-23)29-16-6-4-5-7-17-29/h8-15H,4-7,16-18H2,1-3H3,(H,27,31). The van der Waals surface area contributed by atoms with Gasteiger partial charge >= 0.3 is 0 Å². The number of nitrogens with zero attached hydrogens (tertiary/aromatic N) is 3. The number of anilines is 2. The van der Waals surface area contributed by atoms with E-state index in [1.54, 1.807) is 0 Å². The van der Waals surface area contributed by atoms with Crippen molar-refractivity contribution in [2.75, 3.05) is 23.3 Å². The highest BCUT2D eigenvalue weighted by molar-refractivity contribution is 6.05. The van der Waals surface area contributed by atoms with Crippen molar-refractivity contribution in [3.8, 4) is 0 Å². The van der Waals surface area contributed by atoms with E-state index < -0.39 is 0 Å². The smallest absolute Gasteiger partial charge is 0.259 e. The van der Waals surface area contributed by atoms with Crippen molar-refractivity contribution in [3.05, 3.63) is 76.6 Å². The van der Waals surface area contributed by atoms with E-state index in [9.17, 15) is 4.79 Å². The Bertz CT molecular complexity index is 1030. The third-order valence-electron chi connectivity index (χ3n) is 6.16. The van der Waals surface area contributed by atoms with Gasteiger partial charge in [0.1, 0.15) is 0 Å². The summed E-state index contributed by atoms with van der Waals surface area (Å²) in [5, 5.41) is 7.68. The number of aromatic nitrogens is 2. The quantitative estimate of drug-likeness (QED) is 0.598. The maximum absolute atomic E-state index is 13.0. The molecule has 1 aromatic heterocycles. The van der Waals surface area contributed by atoms with Crippen LogP contribution in [0.4, 0.5) is 11.4 Å². The van der Waals surface area contributed by atoms with Crippen molar-refractivity contribution in [2.24, 2.45) is 0 Å². The Hall–Kier alpha value is -3.08. The molecule has 0 aliphatic carbocycles. The van der Waals surface area contributed by atoms with Crippen molar-refractivity contribution in [3.63, 3.8) is 0 Å². The molecular formula is C26H32N4O. The average molecular weight is 417 g/mol. The van der Waals surface area contributed by atoms with Gasteiger partial charge in [-0.15, -0.1) is 0 Å². The summed E-state index contributed by atoms with van der Waals surface area (Å²) in [5.41, 5.74) is 6.75. The fraction of sp³-hybridized carbons (Fsp3) is 0.385. The summed E-state index contributed by atoms with van der Waals surface area (Å²) in [6.07, 6.45) is 5.15. The van der Waals surface area contributed by atoms with Gasteiger partial charge in [-0.3, -0.25) is 9.48 Å². The molecule has 5 nitrogen and oxygen atoms in total. The van der Waals surface area contributed by atoms with Crippen LogP contribution in [-0.4, -0.2) is 28.8 Å². The minimum atomic E-state index is -0.104. The number of benzene rings is 2. The van der Waals surface area contributed by atoms with Crippen molar-refractivity contribution >= 4 is 17.3 Å². The number of hydrogen-bond donors (Lipinski definition) is 1. The lowest BCUT2D eigenvalue weighted by molar-refractivity contribution is 0.102. The molecule has 1 N–H and O–H groups in total. The first-order valence-corrected chi connectivity index (χ1v) is 11.3. The van der Waals surface area contributed by atoms with E-state index in [1.807, 2.05) is 30.7 Å². The van der Waals surface area contributed by atoms with Gasteiger partial charge in [0, 0.05) is 30.2 Å². The lowest BCUT2D eigenvalue weighted by atomic mass is 10.1. The lowest BCUT2D eigenvalue weighted by Gasteiger charge is -2.22. The lowest BCUT2D eigenvalue weighted by Crippen LogP contribution is -2.23. The molecule has 2 heterocycles. The second kappa shape index (κ2) is 9.38.